The number of nitrogens with one attached hydrogen (secondary N) is 1. The number of hydrogen-bond donors (Lipinski definition) is 1. The molecule has 0 saturated carbocycles. The molecule has 32 heavy (non-hydrogen) atoms. The molecule has 0 aliphatic carbocycles. The number of carbonyl (C=O) groups is 1. The van der Waals surface area contributed by atoms with E-state index in [9.17, 15) is 14.0 Å². The number of aromatic nitrogens is 3. The van der Waals surface area contributed by atoms with Crippen LogP contribution in [0.1, 0.15) is 37.1 Å². The highest BCUT2D eigenvalue weighted by Crippen LogP contribution is 2.26. The van der Waals surface area contributed by atoms with Gasteiger partial charge in [0.2, 0.25) is 5.91 Å². The predicted molar refractivity (Wildman–Crippen MR) is 121 cm³/mol. The zero-order chi connectivity index (χ0) is 22.5. The average Bonchev–Trinajstić information content (AvgIpc) is 3.11. The molecule has 1 N–H and O–H groups in total. The molecule has 3 aromatic rings. The number of anilines is 1. The van der Waals surface area contributed by atoms with Crippen LogP contribution in [0.15, 0.2) is 59.4 Å². The van der Waals surface area contributed by atoms with Gasteiger partial charge in [-0.25, -0.2) is 13.9 Å². The van der Waals surface area contributed by atoms with Crippen molar-refractivity contribution >= 4 is 11.6 Å². The summed E-state index contributed by atoms with van der Waals surface area (Å²) in [6.45, 7) is 4.81. The molecule has 168 valence electrons. The summed E-state index contributed by atoms with van der Waals surface area (Å²) in [5.74, 6) is 0.578. The number of rotatable bonds is 7. The lowest BCUT2D eigenvalue weighted by atomic mass is 9.96. The summed E-state index contributed by atoms with van der Waals surface area (Å²) in [6.07, 6.45) is 1.68. The van der Waals surface area contributed by atoms with Crippen LogP contribution in [0, 0.1) is 5.82 Å². The van der Waals surface area contributed by atoms with Crippen LogP contribution in [0.2, 0.25) is 0 Å². The van der Waals surface area contributed by atoms with Gasteiger partial charge in [0, 0.05) is 18.2 Å². The smallest absolute Gasteiger partial charge is 0.325 e. The highest BCUT2D eigenvalue weighted by Gasteiger charge is 2.27. The van der Waals surface area contributed by atoms with Crippen LogP contribution < -0.4 is 11.0 Å². The Hall–Kier alpha value is -3.26. The van der Waals surface area contributed by atoms with Crippen LogP contribution in [-0.2, 0) is 17.9 Å². The van der Waals surface area contributed by atoms with Crippen molar-refractivity contribution in [3.8, 4) is 0 Å². The molecule has 0 unspecified atom stereocenters. The normalized spacial score (nSPS) is 15.1. The fourth-order valence-corrected chi connectivity index (χ4v) is 4.20. The van der Waals surface area contributed by atoms with Gasteiger partial charge in [0.25, 0.3) is 0 Å². The van der Waals surface area contributed by atoms with Gasteiger partial charge in [-0.3, -0.25) is 14.3 Å². The standard InChI is InChI=1S/C24H28FN5O2/c1-2-29-23(27-30(24(29)32)16-18-6-4-3-5-7-18)19-12-14-28(15-13-19)17-22(31)26-21-10-8-20(25)9-11-21/h3-11,19H,2,12-17H2,1H3,(H,26,31). The molecule has 8 heteroatoms. The summed E-state index contributed by atoms with van der Waals surface area (Å²) in [7, 11) is 0. The lowest BCUT2D eigenvalue weighted by Crippen LogP contribution is -2.39. The number of piperidine rings is 1. The average molecular weight is 438 g/mol. The van der Waals surface area contributed by atoms with Gasteiger partial charge in [0.05, 0.1) is 13.1 Å². The van der Waals surface area contributed by atoms with Crippen molar-refractivity contribution in [2.45, 2.75) is 38.8 Å². The minimum atomic E-state index is -0.332. The Morgan fingerprint density at radius 1 is 1.09 bits per heavy atom. The van der Waals surface area contributed by atoms with E-state index in [1.54, 1.807) is 21.4 Å². The van der Waals surface area contributed by atoms with Gasteiger partial charge < -0.3 is 5.32 Å². The summed E-state index contributed by atoms with van der Waals surface area (Å²) in [6, 6.07) is 15.6. The lowest BCUT2D eigenvalue weighted by molar-refractivity contribution is -0.117. The van der Waals surface area contributed by atoms with Crippen molar-refractivity contribution in [1.82, 2.24) is 19.2 Å². The maximum absolute atomic E-state index is 13.0. The zero-order valence-corrected chi connectivity index (χ0v) is 18.2. The van der Waals surface area contributed by atoms with Gasteiger partial charge in [-0.1, -0.05) is 30.3 Å². The molecule has 1 aliphatic heterocycles. The first-order chi connectivity index (χ1) is 15.5. The highest BCUT2D eigenvalue weighted by atomic mass is 19.1. The van der Waals surface area contributed by atoms with Crippen molar-refractivity contribution in [2.75, 3.05) is 25.0 Å². The molecule has 0 bridgehead atoms. The van der Waals surface area contributed by atoms with Crippen LogP contribution in [0.3, 0.4) is 0 Å². The summed E-state index contributed by atoms with van der Waals surface area (Å²) >= 11 is 0. The number of likely N-dealkylation sites (tertiary alicyclic amines) is 1. The quantitative estimate of drug-likeness (QED) is 0.617. The second kappa shape index (κ2) is 9.91. The minimum Gasteiger partial charge on any atom is -0.325 e. The molecule has 0 atom stereocenters. The van der Waals surface area contributed by atoms with Crippen LogP contribution in [0.5, 0.6) is 0 Å². The van der Waals surface area contributed by atoms with Crippen LogP contribution in [-0.4, -0.2) is 44.8 Å². The topological polar surface area (TPSA) is 72.2 Å². The molecule has 1 aromatic heterocycles. The SMILES string of the molecule is CCn1c(C2CCN(CC(=O)Nc3ccc(F)cc3)CC2)nn(Cc2ccccc2)c1=O. The van der Waals surface area contributed by atoms with Gasteiger partial charge in [0.1, 0.15) is 11.6 Å². The van der Waals surface area contributed by atoms with Gasteiger partial charge in [-0.05, 0) is 62.7 Å². The predicted octanol–water partition coefficient (Wildman–Crippen LogP) is 3.07. The number of nitrogens with zero attached hydrogens (tertiary/aromatic N) is 4. The number of amides is 1. The maximum atomic E-state index is 13.0. The third-order valence-corrected chi connectivity index (χ3v) is 5.89. The third-order valence-electron chi connectivity index (χ3n) is 5.89. The lowest BCUT2D eigenvalue weighted by Gasteiger charge is -2.30. The molecular formula is C24H28FN5O2. The fourth-order valence-electron chi connectivity index (χ4n) is 4.20. The monoisotopic (exact) mass is 437 g/mol. The van der Waals surface area contributed by atoms with Crippen molar-refractivity contribution < 1.29 is 9.18 Å². The molecule has 1 saturated heterocycles. The Labute approximate surface area is 186 Å². The first kappa shape index (κ1) is 22.0. The van der Waals surface area contributed by atoms with E-state index in [0.29, 0.717) is 18.8 Å². The van der Waals surface area contributed by atoms with Crippen molar-refractivity contribution in [1.29, 1.82) is 0 Å². The number of benzene rings is 2. The summed E-state index contributed by atoms with van der Waals surface area (Å²) in [5.41, 5.74) is 1.55. The van der Waals surface area contributed by atoms with E-state index in [2.05, 4.69) is 15.3 Å². The molecule has 1 aliphatic rings. The van der Waals surface area contributed by atoms with E-state index in [1.807, 2.05) is 37.3 Å². The van der Waals surface area contributed by atoms with E-state index < -0.39 is 0 Å². The Morgan fingerprint density at radius 2 is 1.78 bits per heavy atom. The minimum absolute atomic E-state index is 0.0764. The third kappa shape index (κ3) is 5.13. The van der Waals surface area contributed by atoms with E-state index >= 15 is 0 Å². The van der Waals surface area contributed by atoms with Gasteiger partial charge >= 0.3 is 5.69 Å². The fraction of sp³-hybridized carbons (Fsp3) is 0.375. The molecular weight excluding hydrogens is 409 g/mol. The molecule has 4 rings (SSSR count). The van der Waals surface area contributed by atoms with E-state index in [-0.39, 0.29) is 29.9 Å². The molecule has 1 fully saturated rings. The van der Waals surface area contributed by atoms with E-state index in [1.165, 1.54) is 12.1 Å². The molecule has 7 nitrogen and oxygen atoms in total. The van der Waals surface area contributed by atoms with Crippen molar-refractivity contribution in [3.05, 3.63) is 82.3 Å². The second-order valence-corrected chi connectivity index (χ2v) is 8.13. The molecule has 0 spiro atoms. The number of halogens is 1. The Morgan fingerprint density at radius 3 is 2.44 bits per heavy atom. The Balaban J connectivity index is 1.36. The summed E-state index contributed by atoms with van der Waals surface area (Å²) in [5, 5.41) is 7.49. The van der Waals surface area contributed by atoms with Gasteiger partial charge in [-0.15, -0.1) is 0 Å². The first-order valence-corrected chi connectivity index (χ1v) is 11.0. The summed E-state index contributed by atoms with van der Waals surface area (Å²) < 4.78 is 16.3. The summed E-state index contributed by atoms with van der Waals surface area (Å²) in [4.78, 5) is 27.3. The van der Waals surface area contributed by atoms with Crippen LogP contribution in [0.4, 0.5) is 10.1 Å². The molecule has 1 amide bonds. The second-order valence-electron chi connectivity index (χ2n) is 8.13. The van der Waals surface area contributed by atoms with Gasteiger partial charge in [0.15, 0.2) is 0 Å². The number of hydrogen-bond acceptors (Lipinski definition) is 4. The van der Waals surface area contributed by atoms with Crippen LogP contribution >= 0.6 is 0 Å². The Kier molecular flexibility index (Phi) is 6.80. The number of carbonyl (C=O) groups excluding carboxylic acids is 1. The van der Waals surface area contributed by atoms with Crippen molar-refractivity contribution in [2.24, 2.45) is 0 Å². The first-order valence-electron chi connectivity index (χ1n) is 11.0. The molecule has 2 aromatic carbocycles. The van der Waals surface area contributed by atoms with Crippen molar-refractivity contribution in [3.63, 3.8) is 0 Å². The Bertz CT molecular complexity index is 1100. The maximum Gasteiger partial charge on any atom is 0.346 e. The highest BCUT2D eigenvalue weighted by molar-refractivity contribution is 5.92. The molecule has 0 radical (unpaired) electrons. The van der Waals surface area contributed by atoms with E-state index in [4.69, 9.17) is 0 Å². The van der Waals surface area contributed by atoms with E-state index in [0.717, 1.165) is 37.3 Å². The zero-order valence-electron chi connectivity index (χ0n) is 18.2. The largest absolute Gasteiger partial charge is 0.346 e. The molecule has 2 heterocycles. The van der Waals surface area contributed by atoms with Gasteiger partial charge in [-0.2, -0.15) is 5.10 Å². The van der Waals surface area contributed by atoms with Crippen LogP contribution in [0.25, 0.3) is 0 Å².